The summed E-state index contributed by atoms with van der Waals surface area (Å²) in [6.07, 6.45) is 0.363. The predicted octanol–water partition coefficient (Wildman–Crippen LogP) is 3.48. The van der Waals surface area contributed by atoms with E-state index in [1.165, 1.54) is 6.07 Å². The zero-order chi connectivity index (χ0) is 14.7. The SMILES string of the molecule is O=Cc1cc(F)ccc1Oc1ccc([N+](=O)[O-])cc1F. The summed E-state index contributed by atoms with van der Waals surface area (Å²) in [6.45, 7) is 0. The number of hydrogen-bond donors (Lipinski definition) is 0. The Kier molecular flexibility index (Phi) is 3.69. The fourth-order valence-corrected chi connectivity index (χ4v) is 1.51. The molecular formula is C13H7F2NO4. The van der Waals surface area contributed by atoms with Crippen LogP contribution in [0.4, 0.5) is 14.5 Å². The van der Waals surface area contributed by atoms with Gasteiger partial charge in [-0.3, -0.25) is 14.9 Å². The molecule has 0 amide bonds. The molecule has 0 unspecified atom stereocenters. The van der Waals surface area contributed by atoms with Crippen molar-refractivity contribution < 1.29 is 23.2 Å². The molecule has 0 N–H and O–H groups in total. The summed E-state index contributed by atoms with van der Waals surface area (Å²) < 4.78 is 31.7. The van der Waals surface area contributed by atoms with Crippen molar-refractivity contribution in [2.45, 2.75) is 0 Å². The van der Waals surface area contributed by atoms with Gasteiger partial charge < -0.3 is 4.74 Å². The Bertz CT molecular complexity index is 688. The Balaban J connectivity index is 2.35. The first-order valence-electron chi connectivity index (χ1n) is 5.38. The summed E-state index contributed by atoms with van der Waals surface area (Å²) in [5.41, 5.74) is -0.521. The number of nitrogens with zero attached hydrogens (tertiary/aromatic N) is 1. The number of carbonyl (C=O) groups excluding carboxylic acids is 1. The van der Waals surface area contributed by atoms with E-state index >= 15 is 0 Å². The van der Waals surface area contributed by atoms with Crippen LogP contribution >= 0.6 is 0 Å². The molecule has 0 fully saturated rings. The summed E-state index contributed by atoms with van der Waals surface area (Å²) in [6, 6.07) is 5.96. The number of benzene rings is 2. The van der Waals surface area contributed by atoms with Gasteiger partial charge in [-0.05, 0) is 24.3 Å². The van der Waals surface area contributed by atoms with Crippen LogP contribution in [0.15, 0.2) is 36.4 Å². The standard InChI is InChI=1S/C13H7F2NO4/c14-9-1-3-12(8(5-9)7-17)20-13-4-2-10(16(18)19)6-11(13)15/h1-7H. The molecule has 102 valence electrons. The average molecular weight is 279 g/mol. The van der Waals surface area contributed by atoms with Gasteiger partial charge in [0.15, 0.2) is 17.9 Å². The number of halogens is 2. The molecule has 0 aliphatic heterocycles. The van der Waals surface area contributed by atoms with E-state index in [1.807, 2.05) is 0 Å². The van der Waals surface area contributed by atoms with Crippen LogP contribution in [0.25, 0.3) is 0 Å². The van der Waals surface area contributed by atoms with Gasteiger partial charge in [-0.2, -0.15) is 0 Å². The molecular weight excluding hydrogens is 272 g/mol. The number of non-ortho nitro benzene ring substituents is 1. The van der Waals surface area contributed by atoms with Crippen LogP contribution in [0.1, 0.15) is 10.4 Å². The highest BCUT2D eigenvalue weighted by Crippen LogP contribution is 2.29. The topological polar surface area (TPSA) is 69.4 Å². The van der Waals surface area contributed by atoms with Gasteiger partial charge in [0, 0.05) is 6.07 Å². The molecule has 2 aromatic carbocycles. The van der Waals surface area contributed by atoms with Gasteiger partial charge in [-0.1, -0.05) is 0 Å². The van der Waals surface area contributed by atoms with E-state index in [0.717, 1.165) is 24.3 Å². The van der Waals surface area contributed by atoms with Gasteiger partial charge in [-0.25, -0.2) is 8.78 Å². The van der Waals surface area contributed by atoms with Crippen LogP contribution in [0.2, 0.25) is 0 Å². The van der Waals surface area contributed by atoms with Gasteiger partial charge in [-0.15, -0.1) is 0 Å². The molecule has 0 saturated heterocycles. The first-order chi connectivity index (χ1) is 9.51. The molecule has 0 saturated carbocycles. The Hall–Kier alpha value is -2.83. The summed E-state index contributed by atoms with van der Waals surface area (Å²) in [4.78, 5) is 20.5. The number of ether oxygens (including phenoxy) is 1. The summed E-state index contributed by atoms with van der Waals surface area (Å²) in [7, 11) is 0. The molecule has 2 rings (SSSR count). The molecule has 0 aliphatic rings. The van der Waals surface area contributed by atoms with Crippen LogP contribution in [0, 0.1) is 21.7 Å². The summed E-state index contributed by atoms with van der Waals surface area (Å²) in [5.74, 6) is -1.94. The van der Waals surface area contributed by atoms with Crippen molar-refractivity contribution in [1.29, 1.82) is 0 Å². The molecule has 20 heavy (non-hydrogen) atoms. The third-order valence-corrected chi connectivity index (χ3v) is 2.44. The third-order valence-electron chi connectivity index (χ3n) is 2.44. The molecule has 5 nitrogen and oxygen atoms in total. The normalized spacial score (nSPS) is 10.1. The molecule has 0 bridgehead atoms. The molecule has 0 spiro atoms. The summed E-state index contributed by atoms with van der Waals surface area (Å²) in [5, 5.41) is 10.5. The van der Waals surface area contributed by atoms with Crippen LogP contribution in [-0.4, -0.2) is 11.2 Å². The van der Waals surface area contributed by atoms with E-state index in [-0.39, 0.29) is 17.1 Å². The first kappa shape index (κ1) is 13.6. The van der Waals surface area contributed by atoms with Crippen LogP contribution in [-0.2, 0) is 0 Å². The lowest BCUT2D eigenvalue weighted by atomic mass is 10.2. The van der Waals surface area contributed by atoms with Crippen molar-refractivity contribution in [3.63, 3.8) is 0 Å². The summed E-state index contributed by atoms with van der Waals surface area (Å²) >= 11 is 0. The van der Waals surface area contributed by atoms with Crippen molar-refractivity contribution >= 4 is 12.0 Å². The average Bonchev–Trinajstić information content (AvgIpc) is 2.42. The van der Waals surface area contributed by atoms with Gasteiger partial charge in [0.1, 0.15) is 11.6 Å². The Morgan fingerprint density at radius 1 is 1.10 bits per heavy atom. The van der Waals surface area contributed by atoms with E-state index in [2.05, 4.69) is 0 Å². The van der Waals surface area contributed by atoms with Crippen molar-refractivity contribution in [3.05, 3.63) is 63.7 Å². The van der Waals surface area contributed by atoms with Crippen LogP contribution < -0.4 is 4.74 Å². The fourth-order valence-electron chi connectivity index (χ4n) is 1.51. The van der Waals surface area contributed by atoms with E-state index in [9.17, 15) is 23.7 Å². The highest BCUT2D eigenvalue weighted by atomic mass is 19.1. The van der Waals surface area contributed by atoms with E-state index in [4.69, 9.17) is 4.74 Å². The van der Waals surface area contributed by atoms with E-state index < -0.39 is 22.2 Å². The molecule has 7 heteroatoms. The van der Waals surface area contributed by atoms with Gasteiger partial charge in [0.25, 0.3) is 5.69 Å². The minimum absolute atomic E-state index is 0.0471. The van der Waals surface area contributed by atoms with Gasteiger partial charge >= 0.3 is 0 Å². The van der Waals surface area contributed by atoms with Crippen molar-refractivity contribution in [1.82, 2.24) is 0 Å². The van der Waals surface area contributed by atoms with Crippen molar-refractivity contribution in [3.8, 4) is 11.5 Å². The smallest absolute Gasteiger partial charge is 0.272 e. The van der Waals surface area contributed by atoms with Gasteiger partial charge in [0.2, 0.25) is 0 Å². The van der Waals surface area contributed by atoms with Crippen LogP contribution in [0.5, 0.6) is 11.5 Å². The lowest BCUT2D eigenvalue weighted by Gasteiger charge is -2.08. The Labute approximate surface area is 111 Å². The van der Waals surface area contributed by atoms with E-state index in [0.29, 0.717) is 12.4 Å². The predicted molar refractivity (Wildman–Crippen MR) is 64.9 cm³/mol. The number of aldehydes is 1. The molecule has 0 aromatic heterocycles. The maximum Gasteiger partial charge on any atom is 0.272 e. The molecule has 0 atom stereocenters. The molecule has 2 aromatic rings. The quantitative estimate of drug-likeness (QED) is 0.488. The number of nitro benzene ring substituents is 1. The van der Waals surface area contributed by atoms with Crippen molar-refractivity contribution in [2.75, 3.05) is 0 Å². The fraction of sp³-hybridized carbons (Fsp3) is 0. The van der Waals surface area contributed by atoms with Gasteiger partial charge in [0.05, 0.1) is 16.6 Å². The van der Waals surface area contributed by atoms with Crippen molar-refractivity contribution in [2.24, 2.45) is 0 Å². The highest BCUT2D eigenvalue weighted by molar-refractivity contribution is 5.79. The minimum atomic E-state index is -0.958. The highest BCUT2D eigenvalue weighted by Gasteiger charge is 2.14. The zero-order valence-corrected chi connectivity index (χ0v) is 9.88. The van der Waals surface area contributed by atoms with Crippen LogP contribution in [0.3, 0.4) is 0 Å². The molecule has 0 radical (unpaired) electrons. The monoisotopic (exact) mass is 279 g/mol. The molecule has 0 aliphatic carbocycles. The van der Waals surface area contributed by atoms with E-state index in [1.54, 1.807) is 0 Å². The second-order valence-electron chi connectivity index (χ2n) is 3.77. The number of nitro groups is 1. The maximum atomic E-state index is 13.6. The lowest BCUT2D eigenvalue weighted by molar-refractivity contribution is -0.385. The second-order valence-corrected chi connectivity index (χ2v) is 3.77. The maximum absolute atomic E-state index is 13.6. The zero-order valence-electron chi connectivity index (χ0n) is 9.88. The molecule has 0 heterocycles. The Morgan fingerprint density at radius 2 is 1.80 bits per heavy atom. The third kappa shape index (κ3) is 2.77. The number of carbonyl (C=O) groups is 1. The second kappa shape index (κ2) is 5.43. The largest absolute Gasteiger partial charge is 0.454 e. The first-order valence-corrected chi connectivity index (χ1v) is 5.38. The minimum Gasteiger partial charge on any atom is -0.454 e. The number of hydrogen-bond acceptors (Lipinski definition) is 4. The Morgan fingerprint density at radius 3 is 2.40 bits per heavy atom. The lowest BCUT2D eigenvalue weighted by Crippen LogP contribution is -1.95. The number of rotatable bonds is 4.